The second-order valence-electron chi connectivity index (χ2n) is 5.71. The van der Waals surface area contributed by atoms with Gasteiger partial charge in [-0.25, -0.2) is 0 Å². The van der Waals surface area contributed by atoms with Gasteiger partial charge >= 0.3 is 0 Å². The van der Waals surface area contributed by atoms with Gasteiger partial charge in [-0.15, -0.1) is 0 Å². The number of hydrogen-bond acceptors (Lipinski definition) is 2. The van der Waals surface area contributed by atoms with E-state index in [1.807, 2.05) is 36.4 Å². The average Bonchev–Trinajstić information content (AvgIpc) is 2.58. The third kappa shape index (κ3) is 5.48. The second-order valence-corrected chi connectivity index (χ2v) is 5.71. The molecule has 0 aromatic heterocycles. The Morgan fingerprint density at radius 1 is 1.04 bits per heavy atom. The quantitative estimate of drug-likeness (QED) is 0.702. The zero-order valence-corrected chi connectivity index (χ0v) is 13.7. The molecule has 2 heteroatoms. The molecule has 0 fully saturated rings. The van der Waals surface area contributed by atoms with E-state index >= 15 is 0 Å². The van der Waals surface area contributed by atoms with Crippen molar-refractivity contribution in [3.8, 4) is 6.07 Å². The van der Waals surface area contributed by atoms with Gasteiger partial charge in [-0.3, -0.25) is 0 Å². The van der Waals surface area contributed by atoms with Gasteiger partial charge in [0, 0.05) is 19.3 Å². The fourth-order valence-corrected chi connectivity index (χ4v) is 2.23. The minimum atomic E-state index is 0.700. The van der Waals surface area contributed by atoms with Crippen LogP contribution in [0, 0.1) is 11.3 Å². The SMILES string of the molecule is CC(C)=CCN(/C=C/c1ccccc1C#N)Cc1ccccc1. The van der Waals surface area contributed by atoms with Crippen molar-refractivity contribution in [2.45, 2.75) is 20.4 Å². The van der Waals surface area contributed by atoms with Crippen LogP contribution in [0.3, 0.4) is 0 Å². The summed E-state index contributed by atoms with van der Waals surface area (Å²) in [4.78, 5) is 2.25. The molecule has 0 amide bonds. The van der Waals surface area contributed by atoms with E-state index < -0.39 is 0 Å². The number of rotatable bonds is 6. The minimum absolute atomic E-state index is 0.700. The molecule has 0 heterocycles. The molecule has 0 aliphatic carbocycles. The highest BCUT2D eigenvalue weighted by Gasteiger charge is 2.01. The van der Waals surface area contributed by atoms with Crippen molar-refractivity contribution < 1.29 is 0 Å². The summed E-state index contributed by atoms with van der Waals surface area (Å²) >= 11 is 0. The molecule has 0 radical (unpaired) electrons. The van der Waals surface area contributed by atoms with Gasteiger partial charge in [0.15, 0.2) is 0 Å². The van der Waals surface area contributed by atoms with Crippen molar-refractivity contribution in [1.82, 2.24) is 4.90 Å². The van der Waals surface area contributed by atoms with E-state index in [-0.39, 0.29) is 0 Å². The Morgan fingerprint density at radius 3 is 2.43 bits per heavy atom. The lowest BCUT2D eigenvalue weighted by Gasteiger charge is -2.19. The van der Waals surface area contributed by atoms with Crippen molar-refractivity contribution in [1.29, 1.82) is 5.26 Å². The van der Waals surface area contributed by atoms with Gasteiger partial charge in [-0.1, -0.05) is 60.2 Å². The number of hydrogen-bond donors (Lipinski definition) is 0. The lowest BCUT2D eigenvalue weighted by molar-refractivity contribution is 0.411. The van der Waals surface area contributed by atoms with E-state index in [4.69, 9.17) is 0 Å². The zero-order chi connectivity index (χ0) is 16.5. The molecule has 2 aromatic rings. The first kappa shape index (κ1) is 16.6. The number of nitrogens with zero attached hydrogens (tertiary/aromatic N) is 2. The summed E-state index contributed by atoms with van der Waals surface area (Å²) in [6.07, 6.45) is 6.30. The maximum atomic E-state index is 9.19. The van der Waals surface area contributed by atoms with Crippen LogP contribution in [0.2, 0.25) is 0 Å². The summed E-state index contributed by atoms with van der Waals surface area (Å²) in [5.41, 5.74) is 4.22. The largest absolute Gasteiger partial charge is 0.369 e. The van der Waals surface area contributed by atoms with E-state index in [9.17, 15) is 5.26 Å². The smallest absolute Gasteiger partial charge is 0.0997 e. The average molecular weight is 302 g/mol. The maximum Gasteiger partial charge on any atom is 0.0997 e. The van der Waals surface area contributed by atoms with Crippen LogP contribution in [-0.2, 0) is 6.54 Å². The summed E-state index contributed by atoms with van der Waals surface area (Å²) in [5.74, 6) is 0. The molecular formula is C21H22N2. The van der Waals surface area contributed by atoms with Crippen LogP contribution < -0.4 is 0 Å². The van der Waals surface area contributed by atoms with Crippen LogP contribution in [-0.4, -0.2) is 11.4 Å². The third-order valence-electron chi connectivity index (χ3n) is 3.51. The normalized spacial score (nSPS) is 10.3. The monoisotopic (exact) mass is 302 g/mol. The van der Waals surface area contributed by atoms with Gasteiger partial charge in [0.05, 0.1) is 11.6 Å². The highest BCUT2D eigenvalue weighted by Crippen LogP contribution is 2.12. The van der Waals surface area contributed by atoms with Crippen molar-refractivity contribution in [3.05, 3.63) is 89.1 Å². The predicted molar refractivity (Wildman–Crippen MR) is 96.5 cm³/mol. The van der Waals surface area contributed by atoms with Crippen molar-refractivity contribution in [3.63, 3.8) is 0 Å². The Bertz CT molecular complexity index is 717. The molecule has 2 rings (SSSR count). The summed E-state index contributed by atoms with van der Waals surface area (Å²) in [6, 6.07) is 20.3. The molecule has 0 spiro atoms. The Morgan fingerprint density at radius 2 is 1.74 bits per heavy atom. The highest BCUT2D eigenvalue weighted by molar-refractivity contribution is 5.57. The first-order valence-electron chi connectivity index (χ1n) is 7.77. The Labute approximate surface area is 139 Å². The summed E-state index contributed by atoms with van der Waals surface area (Å²) in [7, 11) is 0. The molecule has 0 aliphatic heterocycles. The fourth-order valence-electron chi connectivity index (χ4n) is 2.23. The van der Waals surface area contributed by atoms with E-state index in [1.54, 1.807) is 0 Å². The minimum Gasteiger partial charge on any atom is -0.369 e. The second kappa shape index (κ2) is 8.60. The van der Waals surface area contributed by atoms with Gasteiger partial charge in [0.25, 0.3) is 0 Å². The summed E-state index contributed by atoms with van der Waals surface area (Å²) in [6.45, 7) is 5.91. The Balaban J connectivity index is 2.18. The molecule has 0 N–H and O–H groups in total. The topological polar surface area (TPSA) is 27.0 Å². The van der Waals surface area contributed by atoms with Crippen LogP contribution in [0.15, 0.2) is 72.4 Å². The first-order chi connectivity index (χ1) is 11.2. The fraction of sp³-hybridized carbons (Fsp3) is 0.190. The van der Waals surface area contributed by atoms with Gasteiger partial charge < -0.3 is 4.90 Å². The van der Waals surface area contributed by atoms with Gasteiger partial charge in [-0.05, 0) is 37.1 Å². The van der Waals surface area contributed by atoms with E-state index in [1.165, 1.54) is 11.1 Å². The molecule has 2 aromatic carbocycles. The van der Waals surface area contributed by atoms with Crippen molar-refractivity contribution in [2.75, 3.05) is 6.54 Å². The third-order valence-corrected chi connectivity index (χ3v) is 3.51. The molecule has 2 nitrogen and oxygen atoms in total. The Kier molecular flexibility index (Phi) is 6.20. The van der Waals surface area contributed by atoms with Crippen LogP contribution in [0.4, 0.5) is 0 Å². The van der Waals surface area contributed by atoms with Crippen LogP contribution in [0.25, 0.3) is 6.08 Å². The lowest BCUT2D eigenvalue weighted by Crippen LogP contribution is -2.16. The number of nitriles is 1. The van der Waals surface area contributed by atoms with E-state index in [0.29, 0.717) is 5.56 Å². The molecular weight excluding hydrogens is 280 g/mol. The summed E-state index contributed by atoms with van der Waals surface area (Å²) < 4.78 is 0. The van der Waals surface area contributed by atoms with Gasteiger partial charge in [0.2, 0.25) is 0 Å². The molecule has 0 unspecified atom stereocenters. The molecule has 0 atom stereocenters. The van der Waals surface area contributed by atoms with E-state index in [2.05, 4.69) is 61.4 Å². The molecule has 0 aliphatic rings. The highest BCUT2D eigenvalue weighted by atomic mass is 15.1. The van der Waals surface area contributed by atoms with Crippen LogP contribution >= 0.6 is 0 Å². The lowest BCUT2D eigenvalue weighted by atomic mass is 10.1. The summed E-state index contributed by atoms with van der Waals surface area (Å²) in [5, 5.41) is 9.19. The molecule has 0 bridgehead atoms. The zero-order valence-electron chi connectivity index (χ0n) is 13.7. The molecule has 116 valence electrons. The standard InChI is InChI=1S/C21H22N2/c1-18(2)12-14-23(17-19-8-4-3-5-9-19)15-13-20-10-6-7-11-21(20)16-22/h3-13,15H,14,17H2,1-2H3/b15-13+. The predicted octanol–water partition coefficient (Wildman–Crippen LogP) is 5.00. The van der Waals surface area contributed by atoms with Crippen LogP contribution in [0.5, 0.6) is 0 Å². The number of benzene rings is 2. The maximum absolute atomic E-state index is 9.19. The molecule has 0 saturated heterocycles. The number of allylic oxidation sites excluding steroid dienone is 1. The van der Waals surface area contributed by atoms with Gasteiger partial charge in [-0.2, -0.15) is 5.26 Å². The van der Waals surface area contributed by atoms with Gasteiger partial charge in [0.1, 0.15) is 0 Å². The molecule has 0 saturated carbocycles. The van der Waals surface area contributed by atoms with Crippen molar-refractivity contribution >= 4 is 6.08 Å². The molecule has 23 heavy (non-hydrogen) atoms. The van der Waals surface area contributed by atoms with E-state index in [0.717, 1.165) is 18.7 Å². The van der Waals surface area contributed by atoms with Crippen LogP contribution in [0.1, 0.15) is 30.5 Å². The Hall–Kier alpha value is -2.79. The van der Waals surface area contributed by atoms with Crippen molar-refractivity contribution in [2.24, 2.45) is 0 Å². The first-order valence-corrected chi connectivity index (χ1v) is 7.77.